The summed E-state index contributed by atoms with van der Waals surface area (Å²) >= 11 is 0. The second kappa shape index (κ2) is 3.28. The number of allylic oxidation sites excluding steroid dienone is 2. The fourth-order valence-electron chi connectivity index (χ4n) is 0.459. The van der Waals surface area contributed by atoms with Crippen LogP contribution >= 0.6 is 0 Å². The number of hydrogen-bond donors (Lipinski definition) is 1. The largest absolute Gasteiger partial charge is 0.323 e. The Morgan fingerprint density at radius 3 is 1.67 bits per heavy atom. The maximum Gasteiger partial charge on any atom is 0.0598 e. The van der Waals surface area contributed by atoms with Crippen LogP contribution in [-0.4, -0.2) is 5.71 Å². The summed E-state index contributed by atoms with van der Waals surface area (Å²) in [7, 11) is 0. The molecule has 0 heterocycles. The third-order valence-electron chi connectivity index (χ3n) is 1.49. The molecule has 0 saturated heterocycles. The Morgan fingerprint density at radius 2 is 1.56 bits per heavy atom. The van der Waals surface area contributed by atoms with Crippen LogP contribution in [0.3, 0.4) is 0 Å². The molecule has 0 fully saturated rings. The zero-order valence-corrected chi connectivity index (χ0v) is 6.52. The average Bonchev–Trinajstić information content (AvgIpc) is 1.84. The fourth-order valence-corrected chi connectivity index (χ4v) is 0.459. The first-order valence-electron chi connectivity index (χ1n) is 2.98. The van der Waals surface area contributed by atoms with E-state index in [0.717, 1.165) is 5.71 Å². The summed E-state index contributed by atoms with van der Waals surface area (Å²) in [5.74, 6) is 5.06. The fraction of sp³-hybridized carbons (Fsp3) is 0.571. The molecule has 0 saturated carbocycles. The van der Waals surface area contributed by atoms with E-state index in [1.54, 1.807) is 0 Å². The van der Waals surface area contributed by atoms with Gasteiger partial charge >= 0.3 is 0 Å². The Labute approximate surface area is 56.4 Å². The second-order valence-electron chi connectivity index (χ2n) is 2.34. The first kappa shape index (κ1) is 8.21. The zero-order chi connectivity index (χ0) is 7.44. The molecule has 0 rings (SSSR count). The first-order chi connectivity index (χ1) is 4.09. The van der Waals surface area contributed by atoms with E-state index in [-0.39, 0.29) is 0 Å². The van der Waals surface area contributed by atoms with Crippen LogP contribution in [0.4, 0.5) is 0 Å². The van der Waals surface area contributed by atoms with E-state index in [1.165, 1.54) is 11.1 Å². The number of hydrogen-bond acceptors (Lipinski definition) is 2. The molecule has 0 aromatic carbocycles. The third-order valence-corrected chi connectivity index (χ3v) is 1.49. The van der Waals surface area contributed by atoms with E-state index in [1.807, 2.05) is 27.7 Å². The van der Waals surface area contributed by atoms with Crippen molar-refractivity contribution in [1.82, 2.24) is 0 Å². The minimum Gasteiger partial charge on any atom is -0.323 e. The maximum atomic E-state index is 5.06. The van der Waals surface area contributed by atoms with Crippen molar-refractivity contribution in [1.29, 1.82) is 0 Å². The van der Waals surface area contributed by atoms with Gasteiger partial charge in [-0.2, -0.15) is 5.10 Å². The van der Waals surface area contributed by atoms with Crippen LogP contribution in [0.2, 0.25) is 0 Å². The number of hydrazone groups is 1. The molecule has 0 aliphatic heterocycles. The van der Waals surface area contributed by atoms with Crippen molar-refractivity contribution in [2.24, 2.45) is 10.9 Å². The van der Waals surface area contributed by atoms with E-state index < -0.39 is 0 Å². The van der Waals surface area contributed by atoms with Crippen molar-refractivity contribution >= 4 is 5.71 Å². The van der Waals surface area contributed by atoms with E-state index in [4.69, 9.17) is 5.84 Å². The van der Waals surface area contributed by atoms with E-state index in [9.17, 15) is 0 Å². The minimum atomic E-state index is 0.912. The number of nitrogens with two attached hydrogens (primary N) is 1. The Balaban J connectivity index is 4.40. The van der Waals surface area contributed by atoms with Gasteiger partial charge in [-0.05, 0) is 33.3 Å². The highest BCUT2D eigenvalue weighted by Crippen LogP contribution is 2.02. The van der Waals surface area contributed by atoms with Crippen LogP contribution in [0.25, 0.3) is 0 Å². The van der Waals surface area contributed by atoms with Gasteiger partial charge in [0.1, 0.15) is 0 Å². The summed E-state index contributed by atoms with van der Waals surface area (Å²) < 4.78 is 0. The normalized spacial score (nSPS) is 11.3. The molecule has 2 heteroatoms. The zero-order valence-electron chi connectivity index (χ0n) is 6.52. The second-order valence-corrected chi connectivity index (χ2v) is 2.34. The summed E-state index contributed by atoms with van der Waals surface area (Å²) in [4.78, 5) is 0. The van der Waals surface area contributed by atoms with Gasteiger partial charge in [0.05, 0.1) is 5.71 Å². The number of nitrogens with zero attached hydrogens (tertiary/aromatic N) is 1. The molecule has 0 atom stereocenters. The van der Waals surface area contributed by atoms with E-state index >= 15 is 0 Å². The molecule has 0 unspecified atom stereocenters. The maximum absolute atomic E-state index is 5.06. The van der Waals surface area contributed by atoms with Gasteiger partial charge in [-0.25, -0.2) is 0 Å². The lowest BCUT2D eigenvalue weighted by Crippen LogP contribution is -1.98. The van der Waals surface area contributed by atoms with Gasteiger partial charge < -0.3 is 5.84 Å². The lowest BCUT2D eigenvalue weighted by molar-refractivity contribution is 1.21. The van der Waals surface area contributed by atoms with Gasteiger partial charge in [0.2, 0.25) is 0 Å². The molecule has 0 amide bonds. The highest BCUT2D eigenvalue weighted by molar-refractivity contribution is 5.97. The van der Waals surface area contributed by atoms with Gasteiger partial charge in [0, 0.05) is 0 Å². The molecular formula is C7H14N2. The molecular weight excluding hydrogens is 112 g/mol. The molecule has 52 valence electrons. The van der Waals surface area contributed by atoms with E-state index in [0.29, 0.717) is 0 Å². The van der Waals surface area contributed by atoms with Crippen LogP contribution in [0.15, 0.2) is 16.2 Å². The molecule has 0 aromatic heterocycles. The standard InChI is InChI=1S/C7H14N2/c1-5(2)6(3)7(4)9-8/h8H2,1-4H3/b9-7-. The molecule has 0 radical (unpaired) electrons. The lowest BCUT2D eigenvalue weighted by Gasteiger charge is -1.99. The first-order valence-corrected chi connectivity index (χ1v) is 2.98. The van der Waals surface area contributed by atoms with Crippen LogP contribution < -0.4 is 5.84 Å². The van der Waals surface area contributed by atoms with Crippen molar-refractivity contribution in [2.45, 2.75) is 27.7 Å². The topological polar surface area (TPSA) is 38.4 Å². The van der Waals surface area contributed by atoms with Crippen molar-refractivity contribution in [3.8, 4) is 0 Å². The van der Waals surface area contributed by atoms with Crippen LogP contribution in [0, 0.1) is 0 Å². The molecule has 0 aromatic rings. The Kier molecular flexibility index (Phi) is 2.99. The summed E-state index contributed by atoms with van der Waals surface area (Å²) in [6.45, 7) is 8.01. The lowest BCUT2D eigenvalue weighted by atomic mass is 10.1. The van der Waals surface area contributed by atoms with Crippen molar-refractivity contribution in [3.63, 3.8) is 0 Å². The predicted octanol–water partition coefficient (Wildman–Crippen LogP) is 1.68. The Morgan fingerprint density at radius 1 is 1.11 bits per heavy atom. The molecule has 0 aliphatic rings. The summed E-state index contributed by atoms with van der Waals surface area (Å²) in [6, 6.07) is 0. The number of rotatable bonds is 1. The van der Waals surface area contributed by atoms with Crippen molar-refractivity contribution in [2.75, 3.05) is 0 Å². The van der Waals surface area contributed by atoms with Gasteiger partial charge in [0.25, 0.3) is 0 Å². The van der Waals surface area contributed by atoms with E-state index in [2.05, 4.69) is 5.10 Å². The monoisotopic (exact) mass is 126 g/mol. The SMILES string of the molecule is CC(C)=C(C)/C(C)=N\N. The molecule has 0 aliphatic carbocycles. The Bertz CT molecular complexity index is 150. The molecule has 2 nitrogen and oxygen atoms in total. The third kappa shape index (κ3) is 2.31. The van der Waals surface area contributed by atoms with Gasteiger partial charge in [-0.15, -0.1) is 0 Å². The smallest absolute Gasteiger partial charge is 0.0598 e. The minimum absolute atomic E-state index is 0.912. The summed E-state index contributed by atoms with van der Waals surface area (Å²) in [5.41, 5.74) is 3.36. The predicted molar refractivity (Wildman–Crippen MR) is 41.3 cm³/mol. The molecule has 2 N–H and O–H groups in total. The summed E-state index contributed by atoms with van der Waals surface area (Å²) in [6.07, 6.45) is 0. The van der Waals surface area contributed by atoms with Crippen molar-refractivity contribution < 1.29 is 0 Å². The van der Waals surface area contributed by atoms with Gasteiger partial charge in [0.15, 0.2) is 0 Å². The van der Waals surface area contributed by atoms with Crippen LogP contribution in [-0.2, 0) is 0 Å². The highest BCUT2D eigenvalue weighted by Gasteiger charge is 1.93. The molecule has 0 bridgehead atoms. The average molecular weight is 126 g/mol. The van der Waals surface area contributed by atoms with Gasteiger partial charge in [-0.1, -0.05) is 5.57 Å². The van der Waals surface area contributed by atoms with Crippen LogP contribution in [0.5, 0.6) is 0 Å². The van der Waals surface area contributed by atoms with Crippen molar-refractivity contribution in [3.05, 3.63) is 11.1 Å². The van der Waals surface area contributed by atoms with Crippen LogP contribution in [0.1, 0.15) is 27.7 Å². The molecule has 9 heavy (non-hydrogen) atoms. The quantitative estimate of drug-likeness (QED) is 0.324. The Hall–Kier alpha value is -0.790. The highest BCUT2D eigenvalue weighted by atomic mass is 15.1. The van der Waals surface area contributed by atoms with Gasteiger partial charge in [-0.3, -0.25) is 0 Å². The molecule has 0 spiro atoms. The summed E-state index contributed by atoms with van der Waals surface area (Å²) in [5, 5.41) is 3.57.